The number of carbonyl (C=O) groups excluding carboxylic acids is 1. The van der Waals surface area contributed by atoms with Crippen LogP contribution in [0.4, 0.5) is 0 Å². The molecule has 0 saturated heterocycles. The maximum Gasteiger partial charge on any atom is 0.356 e. The lowest BCUT2D eigenvalue weighted by molar-refractivity contribution is -0.136. The zero-order valence-electron chi connectivity index (χ0n) is 13.1. The number of carbonyl (C=O) groups is 1. The molecule has 0 saturated carbocycles. The number of benzene rings is 1. The third-order valence-electron chi connectivity index (χ3n) is 2.94. The lowest BCUT2D eigenvalue weighted by Crippen LogP contribution is -2.23. The fraction of sp³-hybridized carbons (Fsp3) is 0.294. The molecule has 122 valence electrons. The minimum atomic E-state index is -0.485. The number of esters is 1. The first-order chi connectivity index (χ1) is 11.0. The molecule has 0 radical (unpaired) electrons. The number of nitrogens with zero attached hydrogens (tertiary/aromatic N) is 1. The number of allylic oxidation sites excluding steroid dienone is 1. The monoisotopic (exact) mass is 334 g/mol. The number of aliphatic imine (C=N–C) groups is 1. The Morgan fingerprint density at radius 1 is 1.30 bits per heavy atom. The second kappa shape index (κ2) is 8.39. The van der Waals surface area contributed by atoms with E-state index in [1.165, 1.54) is 0 Å². The lowest BCUT2D eigenvalue weighted by atomic mass is 10.2. The summed E-state index contributed by atoms with van der Waals surface area (Å²) in [6, 6.07) is 9.13. The number of hydrogen-bond acceptors (Lipinski definition) is 5. The van der Waals surface area contributed by atoms with Crippen LogP contribution in [0.5, 0.6) is 5.75 Å². The molecule has 0 fully saturated rings. The van der Waals surface area contributed by atoms with Gasteiger partial charge in [0, 0.05) is 5.70 Å². The maximum absolute atomic E-state index is 12.1. The molecule has 1 unspecified atom stereocenters. The van der Waals surface area contributed by atoms with E-state index in [0.717, 1.165) is 11.4 Å². The van der Waals surface area contributed by atoms with Crippen molar-refractivity contribution in [2.75, 3.05) is 13.2 Å². The lowest BCUT2D eigenvalue weighted by Gasteiger charge is -2.13. The summed E-state index contributed by atoms with van der Waals surface area (Å²) in [4.78, 5) is 16.4. The SMILES string of the molecule is CC1=CC(C(=O)OCCOc2ccccc2)=NC(C)/C=C(/Cl)N1. The van der Waals surface area contributed by atoms with E-state index in [1.807, 2.05) is 37.3 Å². The van der Waals surface area contributed by atoms with Crippen LogP contribution < -0.4 is 10.1 Å². The topological polar surface area (TPSA) is 59.9 Å². The molecule has 6 heteroatoms. The van der Waals surface area contributed by atoms with Crippen molar-refractivity contribution in [2.24, 2.45) is 4.99 Å². The second-order valence-corrected chi connectivity index (χ2v) is 5.43. The fourth-order valence-electron chi connectivity index (χ4n) is 1.97. The van der Waals surface area contributed by atoms with Crippen LogP contribution in [0, 0.1) is 0 Å². The van der Waals surface area contributed by atoms with Gasteiger partial charge < -0.3 is 14.8 Å². The van der Waals surface area contributed by atoms with Crippen LogP contribution in [0.3, 0.4) is 0 Å². The predicted octanol–water partition coefficient (Wildman–Crippen LogP) is 3.03. The first-order valence-electron chi connectivity index (χ1n) is 7.30. The highest BCUT2D eigenvalue weighted by molar-refractivity contribution is 6.41. The number of para-hydroxylation sites is 1. The van der Waals surface area contributed by atoms with Crippen LogP contribution in [0.2, 0.25) is 0 Å². The molecule has 2 rings (SSSR count). The second-order valence-electron chi connectivity index (χ2n) is 5.02. The normalized spacial score (nSPS) is 20.0. The smallest absolute Gasteiger partial charge is 0.356 e. The quantitative estimate of drug-likeness (QED) is 0.511. The van der Waals surface area contributed by atoms with Crippen LogP contribution >= 0.6 is 11.6 Å². The summed E-state index contributed by atoms with van der Waals surface area (Å²) in [6.07, 6.45) is 3.34. The van der Waals surface area contributed by atoms with Gasteiger partial charge >= 0.3 is 5.97 Å². The number of nitrogens with one attached hydrogen (secondary N) is 1. The van der Waals surface area contributed by atoms with Crippen LogP contribution in [0.25, 0.3) is 0 Å². The van der Waals surface area contributed by atoms with E-state index in [4.69, 9.17) is 21.1 Å². The Bertz CT molecular complexity index is 638. The largest absolute Gasteiger partial charge is 0.490 e. The molecule has 0 bridgehead atoms. The van der Waals surface area contributed by atoms with Gasteiger partial charge in [-0.25, -0.2) is 4.79 Å². The van der Waals surface area contributed by atoms with Crippen LogP contribution in [0.15, 0.2) is 58.3 Å². The van der Waals surface area contributed by atoms with Gasteiger partial charge in [-0.15, -0.1) is 0 Å². The van der Waals surface area contributed by atoms with Gasteiger partial charge in [0.2, 0.25) is 0 Å². The highest BCUT2D eigenvalue weighted by atomic mass is 35.5. The van der Waals surface area contributed by atoms with Crippen molar-refractivity contribution in [3.05, 3.63) is 53.3 Å². The van der Waals surface area contributed by atoms with Crippen molar-refractivity contribution < 1.29 is 14.3 Å². The molecular weight excluding hydrogens is 316 g/mol. The third-order valence-corrected chi connectivity index (χ3v) is 3.16. The molecule has 0 aromatic heterocycles. The maximum atomic E-state index is 12.1. The van der Waals surface area contributed by atoms with E-state index in [-0.39, 0.29) is 25.0 Å². The molecule has 5 nitrogen and oxygen atoms in total. The zero-order chi connectivity index (χ0) is 16.7. The average Bonchev–Trinajstić information content (AvgIpc) is 2.50. The standard InChI is InChI=1S/C17H19ClN2O3/c1-12-10-15(19-13(2)11-16(18)20-12)17(21)23-9-8-22-14-6-4-3-5-7-14/h3-7,10-11,13,20H,8-9H2,1-2H3/b12-10?,16-11-,19-15?. The first kappa shape index (κ1) is 17.1. The Labute approximate surface area is 140 Å². The van der Waals surface area contributed by atoms with Gasteiger partial charge in [-0.05, 0) is 38.1 Å². The van der Waals surface area contributed by atoms with E-state index < -0.39 is 5.97 Å². The van der Waals surface area contributed by atoms with Crippen molar-refractivity contribution in [3.63, 3.8) is 0 Å². The molecule has 0 spiro atoms. The predicted molar refractivity (Wildman–Crippen MR) is 90.6 cm³/mol. The van der Waals surface area contributed by atoms with Crippen LogP contribution in [-0.2, 0) is 9.53 Å². The Morgan fingerprint density at radius 3 is 2.78 bits per heavy atom. The number of ether oxygens (including phenoxy) is 2. The van der Waals surface area contributed by atoms with Crippen molar-refractivity contribution >= 4 is 23.3 Å². The molecule has 1 aliphatic heterocycles. The first-order valence-corrected chi connectivity index (χ1v) is 7.68. The summed E-state index contributed by atoms with van der Waals surface area (Å²) >= 11 is 5.98. The van der Waals surface area contributed by atoms with Gasteiger partial charge in [0.15, 0.2) is 0 Å². The Balaban J connectivity index is 1.88. The summed E-state index contributed by atoms with van der Waals surface area (Å²) in [5.41, 5.74) is 0.969. The summed E-state index contributed by atoms with van der Waals surface area (Å²) in [5, 5.41) is 3.44. The van der Waals surface area contributed by atoms with Crippen molar-refractivity contribution in [2.45, 2.75) is 19.9 Å². The highest BCUT2D eigenvalue weighted by Gasteiger charge is 2.14. The third kappa shape index (κ3) is 5.79. The van der Waals surface area contributed by atoms with Gasteiger partial charge in [-0.1, -0.05) is 29.8 Å². The number of halogens is 1. The van der Waals surface area contributed by atoms with Crippen molar-refractivity contribution in [3.8, 4) is 5.75 Å². The molecule has 0 amide bonds. The van der Waals surface area contributed by atoms with Crippen molar-refractivity contribution in [1.29, 1.82) is 0 Å². The van der Waals surface area contributed by atoms with Gasteiger partial charge in [0.25, 0.3) is 0 Å². The van der Waals surface area contributed by atoms with Gasteiger partial charge in [0.05, 0.1) is 6.04 Å². The minimum Gasteiger partial charge on any atom is -0.490 e. The Kier molecular flexibility index (Phi) is 6.23. The molecular formula is C17H19ClN2O3. The summed E-state index contributed by atoms with van der Waals surface area (Å²) in [5.74, 6) is 0.251. The van der Waals surface area contributed by atoms with Crippen LogP contribution in [-0.4, -0.2) is 30.9 Å². The van der Waals surface area contributed by atoms with E-state index in [1.54, 1.807) is 19.1 Å². The molecule has 23 heavy (non-hydrogen) atoms. The molecule has 1 atom stereocenters. The van der Waals surface area contributed by atoms with Crippen molar-refractivity contribution in [1.82, 2.24) is 5.32 Å². The summed E-state index contributed by atoms with van der Waals surface area (Å²) < 4.78 is 10.7. The molecule has 1 N–H and O–H groups in total. The molecule has 1 heterocycles. The summed E-state index contributed by atoms with van der Waals surface area (Å²) in [7, 11) is 0. The molecule has 1 aromatic carbocycles. The van der Waals surface area contributed by atoms with Gasteiger partial charge in [-0.3, -0.25) is 4.99 Å². The average molecular weight is 335 g/mol. The van der Waals surface area contributed by atoms with Gasteiger partial charge in [-0.2, -0.15) is 0 Å². The van der Waals surface area contributed by atoms with E-state index in [9.17, 15) is 4.79 Å². The Hall–Kier alpha value is -2.27. The highest BCUT2D eigenvalue weighted by Crippen LogP contribution is 2.10. The number of rotatable bonds is 5. The van der Waals surface area contributed by atoms with Gasteiger partial charge in [0.1, 0.15) is 29.8 Å². The fourth-order valence-corrected chi connectivity index (χ4v) is 2.30. The van der Waals surface area contributed by atoms with E-state index in [2.05, 4.69) is 10.3 Å². The number of hydrogen-bond donors (Lipinski definition) is 1. The zero-order valence-corrected chi connectivity index (χ0v) is 13.8. The Morgan fingerprint density at radius 2 is 2.04 bits per heavy atom. The molecule has 1 aromatic rings. The van der Waals surface area contributed by atoms with E-state index >= 15 is 0 Å². The molecule has 0 aliphatic carbocycles. The minimum absolute atomic E-state index is 0.151. The van der Waals surface area contributed by atoms with Crippen LogP contribution in [0.1, 0.15) is 13.8 Å². The summed E-state index contributed by atoms with van der Waals surface area (Å²) in [6.45, 7) is 4.07. The van der Waals surface area contributed by atoms with E-state index in [0.29, 0.717) is 5.16 Å². The molecule has 1 aliphatic rings.